The minimum absolute atomic E-state index is 0.00755. The summed E-state index contributed by atoms with van der Waals surface area (Å²) in [6, 6.07) is 4.61. The zero-order chi connectivity index (χ0) is 23.8. The van der Waals surface area contributed by atoms with Crippen molar-refractivity contribution in [3.05, 3.63) is 23.3 Å². The summed E-state index contributed by atoms with van der Waals surface area (Å²) < 4.78 is 13.2. The molecule has 0 N–H and O–H groups in total. The molecule has 0 radical (unpaired) electrons. The summed E-state index contributed by atoms with van der Waals surface area (Å²) in [5, 5.41) is 0. The Morgan fingerprint density at radius 2 is 0.969 bits per heavy atom. The number of rotatable bonds is 6. The lowest BCUT2D eigenvalue weighted by Gasteiger charge is -2.30. The van der Waals surface area contributed by atoms with Crippen LogP contribution in [-0.4, -0.2) is 13.2 Å². The molecule has 182 valence electrons. The van der Waals surface area contributed by atoms with Gasteiger partial charge < -0.3 is 9.47 Å². The second-order valence-corrected chi connectivity index (χ2v) is 13.6. The molecule has 2 saturated carbocycles. The average molecular weight is 443 g/mol. The summed E-state index contributed by atoms with van der Waals surface area (Å²) in [7, 11) is 0. The van der Waals surface area contributed by atoms with Crippen molar-refractivity contribution in [3.63, 3.8) is 0 Å². The van der Waals surface area contributed by atoms with Crippen LogP contribution in [0.2, 0.25) is 0 Å². The van der Waals surface area contributed by atoms with Gasteiger partial charge in [-0.2, -0.15) is 0 Å². The summed E-state index contributed by atoms with van der Waals surface area (Å²) in [5.74, 6) is 6.60. The van der Waals surface area contributed by atoms with E-state index < -0.39 is 0 Å². The van der Waals surface area contributed by atoms with Crippen molar-refractivity contribution < 1.29 is 9.47 Å². The summed E-state index contributed by atoms with van der Waals surface area (Å²) in [5.41, 5.74) is 2.56. The number of benzene rings is 1. The number of hydrogen-bond acceptors (Lipinski definition) is 2. The van der Waals surface area contributed by atoms with Crippen molar-refractivity contribution >= 4 is 0 Å². The Bertz CT molecular complexity index is 701. The molecule has 3 rings (SSSR count). The molecule has 2 heteroatoms. The maximum absolute atomic E-state index is 6.61. The molecular formula is C30H50O2. The van der Waals surface area contributed by atoms with Gasteiger partial charge in [0.15, 0.2) is 0 Å². The first-order chi connectivity index (χ1) is 14.8. The van der Waals surface area contributed by atoms with Crippen molar-refractivity contribution in [3.8, 4) is 11.5 Å². The summed E-state index contributed by atoms with van der Waals surface area (Å²) in [4.78, 5) is 0. The highest BCUT2D eigenvalue weighted by molar-refractivity contribution is 5.51. The monoisotopic (exact) mass is 442 g/mol. The molecule has 2 aliphatic rings. The molecule has 0 spiro atoms. The van der Waals surface area contributed by atoms with Gasteiger partial charge >= 0.3 is 0 Å². The van der Waals surface area contributed by atoms with Gasteiger partial charge in [0.1, 0.15) is 11.5 Å². The molecule has 32 heavy (non-hydrogen) atoms. The van der Waals surface area contributed by atoms with Crippen LogP contribution in [0.1, 0.15) is 106 Å². The van der Waals surface area contributed by atoms with E-state index in [1.165, 1.54) is 36.8 Å². The predicted molar refractivity (Wildman–Crippen MR) is 137 cm³/mol. The van der Waals surface area contributed by atoms with Crippen LogP contribution in [0.15, 0.2) is 12.1 Å². The molecule has 2 nitrogen and oxygen atoms in total. The van der Waals surface area contributed by atoms with E-state index >= 15 is 0 Å². The average Bonchev–Trinajstić information content (AvgIpc) is 3.15. The van der Waals surface area contributed by atoms with Crippen molar-refractivity contribution in [1.29, 1.82) is 0 Å². The van der Waals surface area contributed by atoms with Crippen molar-refractivity contribution in [1.82, 2.24) is 0 Å². The lowest BCUT2D eigenvalue weighted by molar-refractivity contribution is 0.209. The molecule has 0 aliphatic heterocycles. The summed E-state index contributed by atoms with van der Waals surface area (Å²) >= 11 is 0. The van der Waals surface area contributed by atoms with Crippen LogP contribution in [0.5, 0.6) is 11.5 Å². The maximum atomic E-state index is 6.61. The van der Waals surface area contributed by atoms with E-state index in [-0.39, 0.29) is 10.8 Å². The molecular weight excluding hydrogens is 392 g/mol. The largest absolute Gasteiger partial charge is 0.493 e. The predicted octanol–water partition coefficient (Wildman–Crippen LogP) is 8.40. The van der Waals surface area contributed by atoms with E-state index in [9.17, 15) is 0 Å². The second-order valence-electron chi connectivity index (χ2n) is 13.6. The van der Waals surface area contributed by atoms with Gasteiger partial charge in [0, 0.05) is 11.1 Å². The van der Waals surface area contributed by atoms with Crippen molar-refractivity contribution in [2.24, 2.45) is 35.5 Å². The lowest BCUT2D eigenvalue weighted by atomic mass is 9.80. The highest BCUT2D eigenvalue weighted by atomic mass is 16.5. The number of ether oxygens (including phenoxy) is 2. The fourth-order valence-corrected chi connectivity index (χ4v) is 6.17. The van der Waals surface area contributed by atoms with Gasteiger partial charge in [0.2, 0.25) is 0 Å². The molecule has 0 amide bonds. The molecule has 1 aromatic rings. The number of hydrogen-bond donors (Lipinski definition) is 0. The third-order valence-electron chi connectivity index (χ3n) is 8.17. The summed E-state index contributed by atoms with van der Waals surface area (Å²) in [6.07, 6.45) is 5.24. The Kier molecular flexibility index (Phi) is 7.63. The second kappa shape index (κ2) is 9.59. The molecule has 0 bridgehead atoms. The van der Waals surface area contributed by atoms with Crippen LogP contribution < -0.4 is 9.47 Å². The van der Waals surface area contributed by atoms with Crippen molar-refractivity contribution in [2.45, 2.75) is 106 Å². The molecule has 0 heterocycles. The van der Waals surface area contributed by atoms with Gasteiger partial charge in [-0.1, -0.05) is 69.2 Å². The standard InChI is InChI=1S/C30H50O2/c1-19-11-21(3)23(13-19)17-31-27-15-26(30(8,9)10)28(16-25(27)29(5,6)7)32-18-24-14-20(2)12-22(24)4/h15-16,19-24H,11-14,17-18H2,1-10H3. The Morgan fingerprint density at radius 3 is 1.22 bits per heavy atom. The van der Waals surface area contributed by atoms with Gasteiger partial charge in [-0.05, 0) is 84.2 Å². The van der Waals surface area contributed by atoms with Crippen LogP contribution in [0, 0.1) is 35.5 Å². The topological polar surface area (TPSA) is 18.5 Å². The smallest absolute Gasteiger partial charge is 0.123 e. The fourth-order valence-electron chi connectivity index (χ4n) is 6.17. The van der Waals surface area contributed by atoms with Gasteiger partial charge in [0.05, 0.1) is 13.2 Å². The molecule has 6 atom stereocenters. The Morgan fingerprint density at radius 1 is 0.625 bits per heavy atom. The van der Waals surface area contributed by atoms with Crippen LogP contribution in [0.3, 0.4) is 0 Å². The first-order valence-corrected chi connectivity index (χ1v) is 13.2. The van der Waals surface area contributed by atoms with Gasteiger partial charge in [0.25, 0.3) is 0 Å². The van der Waals surface area contributed by atoms with E-state index in [1.807, 2.05) is 0 Å². The van der Waals surface area contributed by atoms with E-state index in [4.69, 9.17) is 9.47 Å². The quantitative estimate of drug-likeness (QED) is 0.440. The minimum atomic E-state index is 0.00755. The maximum Gasteiger partial charge on any atom is 0.123 e. The third-order valence-corrected chi connectivity index (χ3v) is 8.17. The first-order valence-electron chi connectivity index (χ1n) is 13.2. The fraction of sp³-hybridized carbons (Fsp3) is 0.800. The first kappa shape index (κ1) is 25.4. The molecule has 0 aromatic heterocycles. The zero-order valence-corrected chi connectivity index (χ0v) is 22.7. The SMILES string of the molecule is CC1CC(C)C(COc2cc(C(C)(C)C)c(OCC3CC(C)CC3C)cc2C(C)(C)C)C1. The third kappa shape index (κ3) is 6.03. The Hall–Kier alpha value is -1.18. The molecule has 2 fully saturated rings. The molecule has 2 aliphatic carbocycles. The molecule has 0 saturated heterocycles. The molecule has 6 unspecified atom stereocenters. The van der Waals surface area contributed by atoms with Crippen molar-refractivity contribution in [2.75, 3.05) is 13.2 Å². The van der Waals surface area contributed by atoms with Crippen LogP contribution in [0.25, 0.3) is 0 Å². The normalized spacial score (nSPS) is 31.2. The summed E-state index contributed by atoms with van der Waals surface area (Å²) in [6.45, 7) is 24.9. The van der Waals surface area contributed by atoms with E-state index in [2.05, 4.69) is 81.4 Å². The van der Waals surface area contributed by atoms with Gasteiger partial charge in [-0.15, -0.1) is 0 Å². The Labute approximate surface area is 198 Å². The zero-order valence-electron chi connectivity index (χ0n) is 22.7. The van der Waals surface area contributed by atoms with E-state index in [0.29, 0.717) is 11.8 Å². The highest BCUT2D eigenvalue weighted by Gasteiger charge is 2.32. The molecule has 1 aromatic carbocycles. The highest BCUT2D eigenvalue weighted by Crippen LogP contribution is 2.43. The Balaban J connectivity index is 1.88. The van der Waals surface area contributed by atoms with Gasteiger partial charge in [-0.3, -0.25) is 0 Å². The minimum Gasteiger partial charge on any atom is -0.493 e. The van der Waals surface area contributed by atoms with E-state index in [0.717, 1.165) is 48.4 Å². The van der Waals surface area contributed by atoms with Crippen LogP contribution >= 0.6 is 0 Å². The van der Waals surface area contributed by atoms with E-state index in [1.54, 1.807) is 0 Å². The van der Waals surface area contributed by atoms with Crippen LogP contribution in [-0.2, 0) is 10.8 Å². The van der Waals surface area contributed by atoms with Gasteiger partial charge in [-0.25, -0.2) is 0 Å². The lowest BCUT2D eigenvalue weighted by Crippen LogP contribution is -2.22. The van der Waals surface area contributed by atoms with Crippen LogP contribution in [0.4, 0.5) is 0 Å².